The van der Waals surface area contributed by atoms with Gasteiger partial charge in [-0.3, -0.25) is 0 Å². The lowest BCUT2D eigenvalue weighted by atomic mass is 10.0. The van der Waals surface area contributed by atoms with Gasteiger partial charge < -0.3 is 20.1 Å². The molecule has 0 aromatic carbocycles. The Morgan fingerprint density at radius 3 is 2.40 bits per heavy atom. The van der Waals surface area contributed by atoms with Gasteiger partial charge in [-0.15, -0.1) is 0 Å². The third-order valence-electron chi connectivity index (χ3n) is 1.69. The maximum Gasteiger partial charge on any atom is 0.157 e. The Morgan fingerprint density at radius 2 is 1.90 bits per heavy atom. The van der Waals surface area contributed by atoms with Crippen molar-refractivity contribution < 1.29 is 20.1 Å². The summed E-state index contributed by atoms with van der Waals surface area (Å²) in [7, 11) is 0. The lowest BCUT2D eigenvalue weighted by Gasteiger charge is -2.32. The van der Waals surface area contributed by atoms with Crippen molar-refractivity contribution in [1.29, 1.82) is 0 Å². The molecular formula is C6H12O4. The monoisotopic (exact) mass is 148 g/mol. The summed E-state index contributed by atoms with van der Waals surface area (Å²) in [4.78, 5) is 0. The molecule has 4 nitrogen and oxygen atoms in total. The van der Waals surface area contributed by atoms with Gasteiger partial charge in [0.05, 0.1) is 12.2 Å². The Bertz CT molecular complexity index is 104. The van der Waals surface area contributed by atoms with Crippen LogP contribution in [0.4, 0.5) is 0 Å². The highest BCUT2D eigenvalue weighted by molar-refractivity contribution is 4.78. The Hall–Kier alpha value is -0.160. The zero-order valence-electron chi connectivity index (χ0n) is 5.77. The van der Waals surface area contributed by atoms with E-state index in [9.17, 15) is 0 Å². The van der Waals surface area contributed by atoms with Crippen molar-refractivity contribution in [1.82, 2.24) is 0 Å². The molecule has 0 unspecified atom stereocenters. The van der Waals surface area contributed by atoms with E-state index in [2.05, 4.69) is 0 Å². The third kappa shape index (κ3) is 1.46. The number of hydrogen-bond acceptors (Lipinski definition) is 4. The Labute approximate surface area is 59.1 Å². The first-order valence-electron chi connectivity index (χ1n) is 3.31. The zero-order chi connectivity index (χ0) is 7.72. The lowest BCUT2D eigenvalue weighted by molar-refractivity contribution is -0.226. The van der Waals surface area contributed by atoms with Crippen LogP contribution in [0.1, 0.15) is 13.3 Å². The topological polar surface area (TPSA) is 69.9 Å². The van der Waals surface area contributed by atoms with Gasteiger partial charge in [-0.1, -0.05) is 0 Å². The summed E-state index contributed by atoms with van der Waals surface area (Å²) in [6.07, 6.45) is -3.07. The minimum atomic E-state index is -0.937. The molecule has 0 aromatic heterocycles. The second-order valence-corrected chi connectivity index (χ2v) is 2.59. The smallest absolute Gasteiger partial charge is 0.157 e. The van der Waals surface area contributed by atoms with Crippen molar-refractivity contribution in [2.24, 2.45) is 0 Å². The molecule has 1 aliphatic heterocycles. The number of hydrogen-bond donors (Lipinski definition) is 3. The van der Waals surface area contributed by atoms with Gasteiger partial charge in [0.1, 0.15) is 6.10 Å². The van der Waals surface area contributed by atoms with E-state index in [1.807, 2.05) is 0 Å². The van der Waals surface area contributed by atoms with Crippen LogP contribution in [-0.2, 0) is 4.74 Å². The predicted molar refractivity (Wildman–Crippen MR) is 33.2 cm³/mol. The summed E-state index contributed by atoms with van der Waals surface area (Å²) < 4.78 is 4.81. The molecule has 0 aromatic rings. The Balaban J connectivity index is 2.49. The molecule has 0 radical (unpaired) electrons. The van der Waals surface area contributed by atoms with E-state index in [4.69, 9.17) is 20.1 Å². The number of aliphatic hydroxyl groups excluding tert-OH is 3. The largest absolute Gasteiger partial charge is 0.390 e. The first kappa shape index (κ1) is 7.94. The first-order chi connectivity index (χ1) is 4.61. The van der Waals surface area contributed by atoms with E-state index in [0.717, 1.165) is 0 Å². The normalized spacial score (nSPS) is 49.2. The van der Waals surface area contributed by atoms with Crippen LogP contribution in [-0.4, -0.2) is 39.9 Å². The fourth-order valence-electron chi connectivity index (χ4n) is 1.04. The second kappa shape index (κ2) is 2.84. The van der Waals surface area contributed by atoms with Crippen molar-refractivity contribution in [2.75, 3.05) is 0 Å². The molecule has 1 heterocycles. The predicted octanol–water partition coefficient (Wildman–Crippen LogP) is -1.16. The molecule has 3 N–H and O–H groups in total. The van der Waals surface area contributed by atoms with Crippen molar-refractivity contribution in [2.45, 2.75) is 37.9 Å². The van der Waals surface area contributed by atoms with Crippen LogP contribution in [0.25, 0.3) is 0 Å². The highest BCUT2D eigenvalue weighted by Gasteiger charge is 2.32. The second-order valence-electron chi connectivity index (χ2n) is 2.59. The molecule has 1 saturated heterocycles. The summed E-state index contributed by atoms with van der Waals surface area (Å²) in [6, 6.07) is 0. The molecule has 0 amide bonds. The van der Waals surface area contributed by atoms with Gasteiger partial charge >= 0.3 is 0 Å². The molecule has 0 saturated carbocycles. The van der Waals surface area contributed by atoms with Crippen molar-refractivity contribution in [3.8, 4) is 0 Å². The molecule has 1 fully saturated rings. The van der Waals surface area contributed by atoms with E-state index in [-0.39, 0.29) is 6.42 Å². The minimum Gasteiger partial charge on any atom is -0.390 e. The van der Waals surface area contributed by atoms with Crippen LogP contribution in [0, 0.1) is 0 Å². The number of rotatable bonds is 0. The quantitative estimate of drug-likeness (QED) is 0.405. The molecule has 60 valence electrons. The summed E-state index contributed by atoms with van der Waals surface area (Å²) in [5.41, 5.74) is 0. The maximum atomic E-state index is 9.08. The summed E-state index contributed by atoms with van der Waals surface area (Å²) in [5.74, 6) is 0. The molecule has 0 spiro atoms. The highest BCUT2D eigenvalue weighted by Crippen LogP contribution is 2.17. The van der Waals surface area contributed by atoms with Gasteiger partial charge in [-0.25, -0.2) is 0 Å². The molecule has 10 heavy (non-hydrogen) atoms. The standard InChI is InChI=1S/C6H12O4/c1-3-6(9)4(7)2-5(8)10-3/h3-9H,2H2,1H3/t3-,4+,5-,6+/m0/s1. The van der Waals surface area contributed by atoms with E-state index in [1.165, 1.54) is 0 Å². The summed E-state index contributed by atoms with van der Waals surface area (Å²) in [5, 5.41) is 27.0. The zero-order valence-corrected chi connectivity index (χ0v) is 5.77. The average molecular weight is 148 g/mol. The van der Waals surface area contributed by atoms with Gasteiger partial charge in [0.15, 0.2) is 6.29 Å². The van der Waals surface area contributed by atoms with Gasteiger partial charge in [0.2, 0.25) is 0 Å². The van der Waals surface area contributed by atoms with Crippen molar-refractivity contribution in [3.63, 3.8) is 0 Å². The van der Waals surface area contributed by atoms with Crippen LogP contribution < -0.4 is 0 Å². The van der Waals surface area contributed by atoms with Gasteiger partial charge in [0, 0.05) is 6.42 Å². The van der Waals surface area contributed by atoms with Crippen LogP contribution in [0.3, 0.4) is 0 Å². The van der Waals surface area contributed by atoms with Crippen LogP contribution in [0.15, 0.2) is 0 Å². The van der Waals surface area contributed by atoms with Crippen molar-refractivity contribution >= 4 is 0 Å². The molecular weight excluding hydrogens is 136 g/mol. The van der Waals surface area contributed by atoms with Crippen LogP contribution >= 0.6 is 0 Å². The minimum absolute atomic E-state index is 0.0888. The summed E-state index contributed by atoms with van der Waals surface area (Å²) >= 11 is 0. The van der Waals surface area contributed by atoms with Gasteiger partial charge in [-0.2, -0.15) is 0 Å². The number of aliphatic hydroxyl groups is 3. The Kier molecular flexibility index (Phi) is 2.25. The average Bonchev–Trinajstić information content (AvgIpc) is 1.82. The van der Waals surface area contributed by atoms with E-state index in [0.29, 0.717) is 0 Å². The van der Waals surface area contributed by atoms with Crippen LogP contribution in [0.2, 0.25) is 0 Å². The fourth-order valence-corrected chi connectivity index (χ4v) is 1.04. The maximum absolute atomic E-state index is 9.08. The molecule has 4 heteroatoms. The SMILES string of the molecule is C[C@@H]1O[C@H](O)C[C@@H](O)[C@@H]1O. The fraction of sp³-hybridized carbons (Fsp3) is 1.00. The van der Waals surface area contributed by atoms with E-state index in [1.54, 1.807) is 6.92 Å². The van der Waals surface area contributed by atoms with E-state index < -0.39 is 24.6 Å². The third-order valence-corrected chi connectivity index (χ3v) is 1.69. The highest BCUT2D eigenvalue weighted by atomic mass is 16.6. The molecule has 0 bridgehead atoms. The molecule has 4 atom stereocenters. The lowest BCUT2D eigenvalue weighted by Crippen LogP contribution is -2.46. The van der Waals surface area contributed by atoms with Gasteiger partial charge in [-0.05, 0) is 6.92 Å². The first-order valence-corrected chi connectivity index (χ1v) is 3.31. The van der Waals surface area contributed by atoms with Crippen molar-refractivity contribution in [3.05, 3.63) is 0 Å². The Morgan fingerprint density at radius 1 is 1.30 bits per heavy atom. The number of ether oxygens (including phenoxy) is 1. The molecule has 1 rings (SSSR count). The van der Waals surface area contributed by atoms with E-state index >= 15 is 0 Å². The molecule has 0 aliphatic carbocycles. The summed E-state index contributed by atoms with van der Waals surface area (Å²) in [6.45, 7) is 1.61. The van der Waals surface area contributed by atoms with Crippen LogP contribution in [0.5, 0.6) is 0 Å². The molecule has 1 aliphatic rings. The van der Waals surface area contributed by atoms with Gasteiger partial charge in [0.25, 0.3) is 0 Å².